The van der Waals surface area contributed by atoms with Gasteiger partial charge in [-0.15, -0.1) is 0 Å². The third-order valence-electron chi connectivity index (χ3n) is 0. The van der Waals surface area contributed by atoms with Crippen LogP contribution in [0.5, 0.6) is 0 Å². The van der Waals surface area contributed by atoms with Gasteiger partial charge in [-0.3, -0.25) is 0 Å². The van der Waals surface area contributed by atoms with Crippen LogP contribution in [-0.2, 0) is 0 Å². The number of hydrogen-bond acceptors (Lipinski definition) is 1. The SMILES string of the molecule is [2H]CB(C)O. The Kier molecular flexibility index (Phi) is 0.770. The summed E-state index contributed by atoms with van der Waals surface area (Å²) in [5, 5.41) is 8.17. The van der Waals surface area contributed by atoms with E-state index in [4.69, 9.17) is 6.39 Å². The van der Waals surface area contributed by atoms with Crippen molar-refractivity contribution < 1.29 is 6.39 Å². The van der Waals surface area contributed by atoms with Crippen molar-refractivity contribution in [3.05, 3.63) is 0 Å². The van der Waals surface area contributed by atoms with Gasteiger partial charge < -0.3 is 5.02 Å². The molecule has 0 amide bonds. The minimum absolute atomic E-state index is 0.111. The summed E-state index contributed by atoms with van der Waals surface area (Å²) in [5.74, 6) is 0. The first-order valence-electron chi connectivity index (χ1n) is 1.95. The average Bonchev–Trinajstić information content (AvgIpc) is 1.38. The van der Waals surface area contributed by atoms with Crippen LogP contribution in [0.1, 0.15) is 1.37 Å². The topological polar surface area (TPSA) is 20.2 Å². The Morgan fingerprint density at radius 1 is 2.25 bits per heavy atom. The zero-order chi connectivity index (χ0) is 4.28. The molecule has 0 fully saturated rings. The van der Waals surface area contributed by atoms with Crippen molar-refractivity contribution in [1.82, 2.24) is 0 Å². The molecule has 0 aliphatic heterocycles. The maximum atomic E-state index is 8.17. The quantitative estimate of drug-likeness (QED) is 0.396. The van der Waals surface area contributed by atoms with Crippen LogP contribution in [0.2, 0.25) is 13.6 Å². The maximum Gasteiger partial charge on any atom is 0.282 e. The molecule has 0 heterocycles. The van der Waals surface area contributed by atoms with Gasteiger partial charge in [-0.25, -0.2) is 0 Å². The Bertz CT molecular complexity index is 23.6. The van der Waals surface area contributed by atoms with Gasteiger partial charge in [0.15, 0.2) is 0 Å². The highest BCUT2D eigenvalue weighted by molar-refractivity contribution is 6.46. The summed E-state index contributed by atoms with van der Waals surface area (Å²) in [6.07, 6.45) is 0. The van der Waals surface area contributed by atoms with E-state index in [1.807, 2.05) is 0 Å². The normalized spacial score (nSPS) is 10.0. The van der Waals surface area contributed by atoms with Crippen molar-refractivity contribution in [2.75, 3.05) is 0 Å². The van der Waals surface area contributed by atoms with Crippen LogP contribution in [0.25, 0.3) is 0 Å². The summed E-state index contributed by atoms with van der Waals surface area (Å²) in [5.41, 5.74) is 0. The molecule has 0 aromatic heterocycles. The third kappa shape index (κ3) is 3420. The van der Waals surface area contributed by atoms with E-state index in [1.165, 1.54) is 0 Å². The Hall–Kier alpha value is 0.0249. The van der Waals surface area contributed by atoms with E-state index >= 15 is 0 Å². The van der Waals surface area contributed by atoms with Gasteiger partial charge in [-0.2, -0.15) is 0 Å². The van der Waals surface area contributed by atoms with Crippen LogP contribution in [0, 0.1) is 0 Å². The van der Waals surface area contributed by atoms with E-state index in [0.717, 1.165) is 0 Å². The van der Waals surface area contributed by atoms with Crippen molar-refractivity contribution in [1.29, 1.82) is 0 Å². The first-order chi connectivity index (χ1) is 2.27. The predicted octanol–water partition coefficient (Wildman–Crippen LogP) is 0.230. The Balaban J connectivity index is 2.54. The monoisotopic (exact) mass is 59.1 g/mol. The van der Waals surface area contributed by atoms with E-state index in [0.29, 0.717) is 0 Å². The molecular weight excluding hydrogens is 50.8 g/mol. The molecule has 4 heavy (non-hydrogen) atoms. The molecule has 0 bridgehead atoms. The van der Waals surface area contributed by atoms with E-state index in [2.05, 4.69) is 0 Å². The van der Waals surface area contributed by atoms with Gasteiger partial charge in [-0.05, 0) is 0 Å². The van der Waals surface area contributed by atoms with Gasteiger partial charge in [0.25, 0.3) is 6.92 Å². The molecule has 2 heteroatoms. The highest BCUT2D eigenvalue weighted by Gasteiger charge is 1.80. The summed E-state index contributed by atoms with van der Waals surface area (Å²) in [6.45, 7) is 1.25. The largest absolute Gasteiger partial charge is 0.451 e. The smallest absolute Gasteiger partial charge is 0.282 e. The van der Waals surface area contributed by atoms with Gasteiger partial charge in [0, 0.05) is 1.37 Å². The molecule has 0 aromatic carbocycles. The standard InChI is InChI=1S/C2H7BO/c1-3(2)4/h4H,1-2H3/i1D. The van der Waals surface area contributed by atoms with E-state index < -0.39 is 6.92 Å². The molecule has 0 aliphatic rings. The van der Waals surface area contributed by atoms with Crippen LogP contribution in [-0.4, -0.2) is 11.9 Å². The minimum atomic E-state index is -0.449. The molecular formula is C2H7BO. The zero-order valence-electron chi connectivity index (χ0n) is 3.73. The molecule has 0 saturated carbocycles. The summed E-state index contributed by atoms with van der Waals surface area (Å²) < 4.78 is 6.41. The van der Waals surface area contributed by atoms with Crippen LogP contribution >= 0.6 is 0 Å². The zero-order valence-corrected chi connectivity index (χ0v) is 2.73. The highest BCUT2D eigenvalue weighted by atomic mass is 16.2. The Morgan fingerprint density at radius 2 is 2.50 bits per heavy atom. The summed E-state index contributed by atoms with van der Waals surface area (Å²) in [6, 6.07) is 0. The summed E-state index contributed by atoms with van der Waals surface area (Å²) >= 11 is 0. The Morgan fingerprint density at radius 3 is 2.50 bits per heavy atom. The molecule has 0 rings (SSSR count). The van der Waals surface area contributed by atoms with Crippen molar-refractivity contribution in [2.24, 2.45) is 0 Å². The molecule has 0 radical (unpaired) electrons. The lowest BCUT2D eigenvalue weighted by molar-refractivity contribution is 0.587. The molecule has 0 spiro atoms. The van der Waals surface area contributed by atoms with Gasteiger partial charge in [0.1, 0.15) is 0 Å². The van der Waals surface area contributed by atoms with E-state index in [1.54, 1.807) is 6.82 Å². The van der Waals surface area contributed by atoms with Gasteiger partial charge in [0.2, 0.25) is 0 Å². The fourth-order valence-electron chi connectivity index (χ4n) is 0. The lowest BCUT2D eigenvalue weighted by Crippen LogP contribution is -1.93. The van der Waals surface area contributed by atoms with Crippen LogP contribution in [0.3, 0.4) is 0 Å². The second-order valence-corrected chi connectivity index (χ2v) is 0.849. The van der Waals surface area contributed by atoms with Gasteiger partial charge in [0.05, 0.1) is 0 Å². The van der Waals surface area contributed by atoms with Crippen molar-refractivity contribution in [2.45, 2.75) is 13.6 Å². The van der Waals surface area contributed by atoms with Gasteiger partial charge >= 0.3 is 0 Å². The molecule has 1 N–H and O–H groups in total. The maximum absolute atomic E-state index is 8.17. The molecule has 0 unspecified atom stereocenters. The fourth-order valence-corrected chi connectivity index (χ4v) is 0. The summed E-state index contributed by atoms with van der Waals surface area (Å²) in [4.78, 5) is 0. The number of rotatable bonds is 0. The van der Waals surface area contributed by atoms with Crippen molar-refractivity contribution in [3.63, 3.8) is 0 Å². The molecule has 0 atom stereocenters. The van der Waals surface area contributed by atoms with Gasteiger partial charge in [-0.1, -0.05) is 13.6 Å². The van der Waals surface area contributed by atoms with E-state index in [9.17, 15) is 0 Å². The molecule has 0 saturated heterocycles. The predicted molar refractivity (Wildman–Crippen MR) is 19.7 cm³/mol. The lowest BCUT2D eigenvalue weighted by Gasteiger charge is -1.71. The van der Waals surface area contributed by atoms with Crippen LogP contribution < -0.4 is 0 Å². The van der Waals surface area contributed by atoms with E-state index in [-0.39, 0.29) is 6.80 Å². The number of hydrogen-bond donors (Lipinski definition) is 1. The Labute approximate surface area is 28.2 Å². The first-order valence-corrected chi connectivity index (χ1v) is 1.24. The lowest BCUT2D eigenvalue weighted by atomic mass is 9.76. The second-order valence-electron chi connectivity index (χ2n) is 0.849. The molecule has 0 aliphatic carbocycles. The van der Waals surface area contributed by atoms with Crippen LogP contribution in [0.15, 0.2) is 0 Å². The van der Waals surface area contributed by atoms with Crippen molar-refractivity contribution >= 4 is 6.92 Å². The van der Waals surface area contributed by atoms with Crippen LogP contribution in [0.4, 0.5) is 0 Å². The third-order valence-corrected chi connectivity index (χ3v) is 0. The summed E-state index contributed by atoms with van der Waals surface area (Å²) in [7, 11) is 0. The fraction of sp³-hybridized carbons (Fsp3) is 1.00. The molecule has 0 aromatic rings. The average molecular weight is 58.9 g/mol. The second kappa shape index (κ2) is 1.36. The molecule has 24 valence electrons. The first kappa shape index (κ1) is 2.27. The molecule has 1 nitrogen and oxygen atoms in total. The highest BCUT2D eigenvalue weighted by Crippen LogP contribution is 1.60. The van der Waals surface area contributed by atoms with Crippen molar-refractivity contribution in [3.8, 4) is 0 Å². The minimum Gasteiger partial charge on any atom is -0.451 e.